The van der Waals surface area contributed by atoms with Gasteiger partial charge in [-0.05, 0) is 43.0 Å². The van der Waals surface area contributed by atoms with Crippen LogP contribution in [0.25, 0.3) is 10.8 Å². The number of aliphatic hydroxyl groups is 1. The number of nitrogens with two attached hydrogens (primary N) is 1. The van der Waals surface area contributed by atoms with Crippen molar-refractivity contribution in [3.05, 3.63) is 48.0 Å². The summed E-state index contributed by atoms with van der Waals surface area (Å²) in [6, 6.07) is 13.4. The second-order valence-corrected chi connectivity index (χ2v) is 6.06. The van der Waals surface area contributed by atoms with Crippen LogP contribution in [0, 0.1) is 0 Å². The summed E-state index contributed by atoms with van der Waals surface area (Å²) in [7, 11) is 0. The Balaban J connectivity index is 2.46. The molecule has 1 atom stereocenters. The molecule has 0 heterocycles. The average molecular weight is 271 g/mol. The second-order valence-electron chi connectivity index (χ2n) is 6.06. The van der Waals surface area contributed by atoms with E-state index in [2.05, 4.69) is 0 Å². The maximum atomic E-state index is 11.5. The Bertz CT molecular complexity index is 610. The van der Waals surface area contributed by atoms with Gasteiger partial charge < -0.3 is 10.8 Å². The molecule has 0 saturated heterocycles. The molecule has 0 saturated carbocycles. The lowest BCUT2D eigenvalue weighted by Crippen LogP contribution is -2.36. The predicted molar refractivity (Wildman–Crippen MR) is 81.4 cm³/mol. The van der Waals surface area contributed by atoms with E-state index in [0.29, 0.717) is 24.7 Å². The fourth-order valence-electron chi connectivity index (χ4n) is 2.37. The van der Waals surface area contributed by atoms with Crippen LogP contribution < -0.4 is 5.73 Å². The summed E-state index contributed by atoms with van der Waals surface area (Å²) in [5, 5.41) is 12.6. The van der Waals surface area contributed by atoms with Gasteiger partial charge >= 0.3 is 0 Å². The maximum Gasteiger partial charge on any atom is 0.156 e. The van der Waals surface area contributed by atoms with Crippen LogP contribution in [0.2, 0.25) is 0 Å². The first-order valence-electron chi connectivity index (χ1n) is 6.82. The fraction of sp³-hybridized carbons (Fsp3) is 0.353. The molecule has 0 aromatic heterocycles. The van der Waals surface area contributed by atoms with Crippen molar-refractivity contribution in [1.29, 1.82) is 0 Å². The highest BCUT2D eigenvalue weighted by Crippen LogP contribution is 2.32. The Morgan fingerprint density at radius 1 is 1.10 bits per heavy atom. The maximum absolute atomic E-state index is 11.5. The summed E-state index contributed by atoms with van der Waals surface area (Å²) < 4.78 is 0. The molecule has 2 rings (SSSR count). The van der Waals surface area contributed by atoms with Crippen molar-refractivity contribution >= 4 is 17.1 Å². The van der Waals surface area contributed by atoms with Crippen molar-refractivity contribution in [3.63, 3.8) is 0 Å². The molecule has 0 aliphatic rings. The minimum Gasteiger partial charge on any atom is -0.378 e. The van der Waals surface area contributed by atoms with E-state index in [4.69, 9.17) is 5.73 Å². The van der Waals surface area contributed by atoms with Gasteiger partial charge in [0.2, 0.25) is 0 Å². The number of carbonyl (C=O) groups is 1. The van der Waals surface area contributed by atoms with Crippen molar-refractivity contribution in [2.24, 2.45) is 5.73 Å². The average Bonchev–Trinajstić information content (AvgIpc) is 2.43. The third-order valence-electron chi connectivity index (χ3n) is 3.60. The van der Waals surface area contributed by atoms with Gasteiger partial charge in [-0.3, -0.25) is 4.79 Å². The minimum absolute atomic E-state index is 0.313. The van der Waals surface area contributed by atoms with Gasteiger partial charge in [0.25, 0.3) is 0 Å². The first-order valence-corrected chi connectivity index (χ1v) is 6.82. The summed E-state index contributed by atoms with van der Waals surface area (Å²) in [5.74, 6) is 0. The highest BCUT2D eigenvalue weighted by atomic mass is 16.3. The smallest absolute Gasteiger partial charge is 0.156 e. The van der Waals surface area contributed by atoms with Crippen LogP contribution in [0.1, 0.15) is 32.3 Å². The molecular weight excluding hydrogens is 250 g/mol. The van der Waals surface area contributed by atoms with Crippen LogP contribution in [0.15, 0.2) is 42.5 Å². The zero-order valence-corrected chi connectivity index (χ0v) is 12.0. The Hall–Kier alpha value is -1.71. The summed E-state index contributed by atoms with van der Waals surface area (Å²) >= 11 is 0. The first kappa shape index (κ1) is 14.7. The fourth-order valence-corrected chi connectivity index (χ4v) is 2.37. The summed E-state index contributed by atoms with van der Waals surface area (Å²) in [5.41, 5.74) is 4.71. The lowest BCUT2D eigenvalue weighted by atomic mass is 9.83. The van der Waals surface area contributed by atoms with E-state index in [9.17, 15) is 9.90 Å². The van der Waals surface area contributed by atoms with E-state index in [-0.39, 0.29) is 0 Å². The van der Waals surface area contributed by atoms with Crippen LogP contribution >= 0.6 is 0 Å². The Kier molecular flexibility index (Phi) is 3.93. The summed E-state index contributed by atoms with van der Waals surface area (Å²) in [6.07, 6.45) is 1.50. The van der Waals surface area contributed by atoms with Crippen molar-refractivity contribution in [2.75, 3.05) is 0 Å². The summed E-state index contributed by atoms with van der Waals surface area (Å²) in [4.78, 5) is 11.5. The molecular formula is C17H21NO2. The van der Waals surface area contributed by atoms with Gasteiger partial charge in [-0.25, -0.2) is 0 Å². The number of hydrogen-bond acceptors (Lipinski definition) is 3. The van der Waals surface area contributed by atoms with Gasteiger partial charge in [0.1, 0.15) is 5.60 Å². The highest BCUT2D eigenvalue weighted by Gasteiger charge is 2.31. The highest BCUT2D eigenvalue weighted by molar-refractivity contribution is 5.89. The topological polar surface area (TPSA) is 63.3 Å². The monoisotopic (exact) mass is 271 g/mol. The molecule has 2 aromatic carbocycles. The minimum atomic E-state index is -1.49. The zero-order chi connectivity index (χ0) is 14.8. The van der Waals surface area contributed by atoms with E-state index in [1.807, 2.05) is 50.2 Å². The van der Waals surface area contributed by atoms with Crippen molar-refractivity contribution in [3.8, 4) is 0 Å². The molecule has 3 N–H and O–H groups in total. The lowest BCUT2D eigenvalue weighted by molar-refractivity contribution is -0.125. The standard InChI is InChI=1S/C17H21NO2/c1-16(2,18)10-11-17(20,12-19)15-9-5-7-13-6-3-4-8-14(13)15/h3-9,12,20H,10-11,18H2,1-2H3. The molecule has 0 aliphatic heterocycles. The molecule has 1 unspecified atom stereocenters. The SMILES string of the molecule is CC(C)(N)CCC(O)(C=O)c1cccc2ccccc12. The quantitative estimate of drug-likeness (QED) is 0.822. The number of rotatable bonds is 5. The van der Waals surface area contributed by atoms with Gasteiger partial charge in [0, 0.05) is 5.54 Å². The molecule has 3 heteroatoms. The van der Waals surface area contributed by atoms with Crippen molar-refractivity contribution in [2.45, 2.75) is 37.8 Å². The molecule has 2 aromatic rings. The van der Waals surface area contributed by atoms with Crippen LogP contribution in [0.3, 0.4) is 0 Å². The third-order valence-corrected chi connectivity index (χ3v) is 3.60. The lowest BCUT2D eigenvalue weighted by Gasteiger charge is -2.28. The van der Waals surface area contributed by atoms with E-state index >= 15 is 0 Å². The molecule has 106 valence electrons. The van der Waals surface area contributed by atoms with E-state index in [1.165, 1.54) is 0 Å². The predicted octanol–water partition coefficient (Wildman–Crippen LogP) is 2.74. The van der Waals surface area contributed by atoms with Crippen LogP contribution in [0.5, 0.6) is 0 Å². The molecule has 0 spiro atoms. The zero-order valence-electron chi connectivity index (χ0n) is 12.0. The van der Waals surface area contributed by atoms with Crippen LogP contribution in [0.4, 0.5) is 0 Å². The van der Waals surface area contributed by atoms with E-state index in [0.717, 1.165) is 10.8 Å². The Labute approximate surface area is 119 Å². The first-order chi connectivity index (χ1) is 9.36. The third kappa shape index (κ3) is 3.06. The van der Waals surface area contributed by atoms with Crippen molar-refractivity contribution < 1.29 is 9.90 Å². The van der Waals surface area contributed by atoms with Gasteiger partial charge in [0.15, 0.2) is 6.29 Å². The number of fused-ring (bicyclic) bond motifs is 1. The Morgan fingerprint density at radius 3 is 2.40 bits per heavy atom. The molecule has 20 heavy (non-hydrogen) atoms. The van der Waals surface area contributed by atoms with Crippen LogP contribution in [-0.2, 0) is 10.4 Å². The molecule has 0 aliphatic carbocycles. The number of carbonyl (C=O) groups excluding carboxylic acids is 1. The van der Waals surface area contributed by atoms with Gasteiger partial charge in [-0.2, -0.15) is 0 Å². The number of hydrogen-bond donors (Lipinski definition) is 2. The normalized spacial score (nSPS) is 15.0. The van der Waals surface area contributed by atoms with Crippen molar-refractivity contribution in [1.82, 2.24) is 0 Å². The Morgan fingerprint density at radius 2 is 1.75 bits per heavy atom. The van der Waals surface area contributed by atoms with E-state index < -0.39 is 11.1 Å². The molecule has 0 amide bonds. The molecule has 3 nitrogen and oxygen atoms in total. The van der Waals surface area contributed by atoms with Gasteiger partial charge in [-0.15, -0.1) is 0 Å². The summed E-state index contributed by atoms with van der Waals surface area (Å²) in [6.45, 7) is 3.78. The molecule has 0 fully saturated rings. The largest absolute Gasteiger partial charge is 0.378 e. The second kappa shape index (κ2) is 5.35. The van der Waals surface area contributed by atoms with E-state index in [1.54, 1.807) is 6.07 Å². The number of benzene rings is 2. The van der Waals surface area contributed by atoms with Gasteiger partial charge in [0.05, 0.1) is 0 Å². The molecule has 0 radical (unpaired) electrons. The van der Waals surface area contributed by atoms with Crippen LogP contribution in [-0.4, -0.2) is 16.9 Å². The molecule has 0 bridgehead atoms. The van der Waals surface area contributed by atoms with Gasteiger partial charge in [-0.1, -0.05) is 42.5 Å². The number of aldehydes is 1.